The smallest absolute Gasteiger partial charge is 0.263 e. The molecule has 0 saturated carbocycles. The van der Waals surface area contributed by atoms with Gasteiger partial charge in [-0.1, -0.05) is 6.07 Å². The van der Waals surface area contributed by atoms with Gasteiger partial charge >= 0.3 is 0 Å². The van der Waals surface area contributed by atoms with Gasteiger partial charge in [0.1, 0.15) is 0 Å². The van der Waals surface area contributed by atoms with Crippen LogP contribution in [0.25, 0.3) is 0 Å². The molecule has 3 rings (SSSR count). The van der Waals surface area contributed by atoms with Gasteiger partial charge in [-0.25, -0.2) is 0 Å². The Morgan fingerprint density at radius 1 is 1.29 bits per heavy atom. The number of carbonyl (C=O) groups excluding carboxylic acids is 2. The minimum atomic E-state index is 0.148. The molecule has 1 aromatic heterocycles. The molecule has 21 heavy (non-hydrogen) atoms. The van der Waals surface area contributed by atoms with E-state index in [1.165, 1.54) is 11.3 Å². The molecule has 0 aromatic carbocycles. The summed E-state index contributed by atoms with van der Waals surface area (Å²) in [6, 6.07) is 3.81. The Labute approximate surface area is 129 Å². The van der Waals surface area contributed by atoms with Crippen molar-refractivity contribution in [3.05, 3.63) is 22.4 Å². The van der Waals surface area contributed by atoms with Crippen LogP contribution in [0.4, 0.5) is 0 Å². The summed E-state index contributed by atoms with van der Waals surface area (Å²) < 4.78 is 0. The Kier molecular flexibility index (Phi) is 4.02. The summed E-state index contributed by atoms with van der Waals surface area (Å²) in [6.07, 6.45) is 3.69. The maximum atomic E-state index is 12.4. The topological polar surface area (TPSA) is 40.6 Å². The van der Waals surface area contributed by atoms with E-state index in [0.717, 1.165) is 50.3 Å². The zero-order valence-electron chi connectivity index (χ0n) is 12.5. The van der Waals surface area contributed by atoms with E-state index < -0.39 is 0 Å². The molecule has 0 aliphatic carbocycles. The number of piperidine rings is 2. The number of hydrogen-bond donors (Lipinski definition) is 0. The molecule has 4 nitrogen and oxygen atoms in total. The Hall–Kier alpha value is -1.36. The molecule has 0 radical (unpaired) electrons. The minimum Gasteiger partial charge on any atom is -0.343 e. The largest absolute Gasteiger partial charge is 0.343 e. The standard InChI is InChI=1S/C16H22N2O2S/c1-2-17-8-5-16(12-14(17)19)6-9-18(10-7-16)15(20)13-4-3-11-21-13/h3-4,11H,2,5-10,12H2,1H3. The second kappa shape index (κ2) is 5.79. The zero-order valence-corrected chi connectivity index (χ0v) is 13.3. The van der Waals surface area contributed by atoms with Crippen molar-refractivity contribution in [1.29, 1.82) is 0 Å². The predicted molar refractivity (Wildman–Crippen MR) is 83.4 cm³/mol. The molecular formula is C16H22N2O2S. The van der Waals surface area contributed by atoms with Crippen LogP contribution in [0.1, 0.15) is 42.3 Å². The average molecular weight is 306 g/mol. The van der Waals surface area contributed by atoms with Crippen molar-refractivity contribution in [3.8, 4) is 0 Å². The fraction of sp³-hybridized carbons (Fsp3) is 0.625. The molecule has 114 valence electrons. The molecule has 2 aliphatic heterocycles. The van der Waals surface area contributed by atoms with Crippen LogP contribution in [0.5, 0.6) is 0 Å². The minimum absolute atomic E-state index is 0.148. The Balaban J connectivity index is 1.60. The Morgan fingerprint density at radius 3 is 2.57 bits per heavy atom. The van der Waals surface area contributed by atoms with E-state index in [1.807, 2.05) is 34.2 Å². The number of likely N-dealkylation sites (tertiary alicyclic amines) is 2. The molecule has 0 atom stereocenters. The van der Waals surface area contributed by atoms with E-state index in [2.05, 4.69) is 0 Å². The summed E-state index contributed by atoms with van der Waals surface area (Å²) in [5.41, 5.74) is 0.148. The average Bonchev–Trinajstić information content (AvgIpc) is 3.02. The first kappa shape index (κ1) is 14.6. The highest BCUT2D eigenvalue weighted by atomic mass is 32.1. The van der Waals surface area contributed by atoms with Crippen molar-refractivity contribution in [2.24, 2.45) is 5.41 Å². The normalized spacial score (nSPS) is 21.9. The molecule has 2 amide bonds. The van der Waals surface area contributed by atoms with Crippen LogP contribution in [0.15, 0.2) is 17.5 Å². The van der Waals surface area contributed by atoms with Gasteiger partial charge in [0.15, 0.2) is 0 Å². The lowest BCUT2D eigenvalue weighted by molar-refractivity contribution is -0.139. The SMILES string of the molecule is CCN1CCC2(CCN(C(=O)c3cccs3)CC2)CC1=O. The van der Waals surface area contributed by atoms with Gasteiger partial charge in [-0.3, -0.25) is 9.59 Å². The predicted octanol–water partition coefficient (Wildman–Crippen LogP) is 2.61. The van der Waals surface area contributed by atoms with Gasteiger partial charge < -0.3 is 9.80 Å². The highest BCUT2D eigenvalue weighted by Gasteiger charge is 2.41. The van der Waals surface area contributed by atoms with Gasteiger partial charge in [0.25, 0.3) is 5.91 Å². The summed E-state index contributed by atoms with van der Waals surface area (Å²) in [7, 11) is 0. The second-order valence-corrected chi connectivity index (χ2v) is 7.12. The van der Waals surface area contributed by atoms with E-state index >= 15 is 0 Å². The zero-order chi connectivity index (χ0) is 14.9. The fourth-order valence-electron chi connectivity index (χ4n) is 3.52. The monoisotopic (exact) mass is 306 g/mol. The lowest BCUT2D eigenvalue weighted by Gasteiger charge is -2.46. The number of thiophene rings is 1. The Morgan fingerprint density at radius 2 is 2.00 bits per heavy atom. The molecule has 0 N–H and O–H groups in total. The number of amides is 2. The van der Waals surface area contributed by atoms with Gasteiger partial charge in [-0.15, -0.1) is 11.3 Å². The first-order valence-corrected chi connectivity index (χ1v) is 8.62. The molecule has 5 heteroatoms. The maximum Gasteiger partial charge on any atom is 0.263 e. The fourth-order valence-corrected chi connectivity index (χ4v) is 4.21. The highest BCUT2D eigenvalue weighted by molar-refractivity contribution is 7.12. The summed E-state index contributed by atoms with van der Waals surface area (Å²) in [5, 5.41) is 1.94. The highest BCUT2D eigenvalue weighted by Crippen LogP contribution is 2.41. The molecule has 0 bridgehead atoms. The van der Waals surface area contributed by atoms with Crippen molar-refractivity contribution in [3.63, 3.8) is 0 Å². The molecule has 3 heterocycles. The number of nitrogens with zero attached hydrogens (tertiary/aromatic N) is 2. The summed E-state index contributed by atoms with van der Waals surface area (Å²) in [6.45, 7) is 5.32. The van der Waals surface area contributed by atoms with Crippen LogP contribution in [0.2, 0.25) is 0 Å². The van der Waals surface area contributed by atoms with Gasteiger partial charge in [0, 0.05) is 32.6 Å². The summed E-state index contributed by atoms with van der Waals surface area (Å²) in [4.78, 5) is 29.2. The molecule has 2 saturated heterocycles. The van der Waals surface area contributed by atoms with Crippen LogP contribution in [0, 0.1) is 5.41 Å². The van der Waals surface area contributed by atoms with Crippen molar-refractivity contribution in [2.75, 3.05) is 26.2 Å². The van der Waals surface area contributed by atoms with Gasteiger partial charge in [0.05, 0.1) is 4.88 Å². The third-order valence-electron chi connectivity index (χ3n) is 5.02. The van der Waals surface area contributed by atoms with E-state index in [1.54, 1.807) is 0 Å². The first-order valence-electron chi connectivity index (χ1n) is 7.74. The van der Waals surface area contributed by atoms with E-state index in [0.29, 0.717) is 12.3 Å². The van der Waals surface area contributed by atoms with Crippen molar-refractivity contribution in [2.45, 2.75) is 32.6 Å². The molecule has 1 aromatic rings. The second-order valence-electron chi connectivity index (χ2n) is 6.17. The van der Waals surface area contributed by atoms with E-state index in [-0.39, 0.29) is 11.3 Å². The molecular weight excluding hydrogens is 284 g/mol. The quantitative estimate of drug-likeness (QED) is 0.843. The van der Waals surface area contributed by atoms with Crippen LogP contribution in [-0.2, 0) is 4.79 Å². The van der Waals surface area contributed by atoms with Crippen LogP contribution in [-0.4, -0.2) is 47.8 Å². The van der Waals surface area contributed by atoms with E-state index in [9.17, 15) is 9.59 Å². The van der Waals surface area contributed by atoms with Crippen molar-refractivity contribution in [1.82, 2.24) is 9.80 Å². The van der Waals surface area contributed by atoms with E-state index in [4.69, 9.17) is 0 Å². The lowest BCUT2D eigenvalue weighted by Crippen LogP contribution is -2.50. The summed E-state index contributed by atoms with van der Waals surface area (Å²) in [5.74, 6) is 0.443. The maximum absolute atomic E-state index is 12.4. The molecule has 1 spiro atoms. The third kappa shape index (κ3) is 2.84. The lowest BCUT2D eigenvalue weighted by atomic mass is 9.71. The number of carbonyl (C=O) groups is 2. The van der Waals surface area contributed by atoms with Crippen molar-refractivity contribution >= 4 is 23.2 Å². The van der Waals surface area contributed by atoms with Crippen LogP contribution < -0.4 is 0 Å². The molecule has 2 fully saturated rings. The van der Waals surface area contributed by atoms with Crippen LogP contribution >= 0.6 is 11.3 Å². The molecule has 0 unspecified atom stereocenters. The summed E-state index contributed by atoms with van der Waals surface area (Å²) >= 11 is 1.50. The Bertz CT molecular complexity index is 518. The molecule has 2 aliphatic rings. The third-order valence-corrected chi connectivity index (χ3v) is 5.87. The first-order chi connectivity index (χ1) is 10.1. The number of rotatable bonds is 2. The number of hydrogen-bond acceptors (Lipinski definition) is 3. The van der Waals surface area contributed by atoms with Crippen LogP contribution in [0.3, 0.4) is 0 Å². The van der Waals surface area contributed by atoms with Gasteiger partial charge in [0.2, 0.25) is 5.91 Å². The van der Waals surface area contributed by atoms with Crippen molar-refractivity contribution < 1.29 is 9.59 Å². The van der Waals surface area contributed by atoms with Gasteiger partial charge in [-0.05, 0) is 43.0 Å². The van der Waals surface area contributed by atoms with Gasteiger partial charge in [-0.2, -0.15) is 0 Å².